The Bertz CT molecular complexity index is 728. The molecule has 1 saturated heterocycles. The molecule has 2 heterocycles. The van der Waals surface area contributed by atoms with Crippen LogP contribution in [0.3, 0.4) is 0 Å². The number of guanidine groups is 1. The van der Waals surface area contributed by atoms with Gasteiger partial charge in [0.05, 0.1) is 0 Å². The fraction of sp³-hybridized carbons (Fsp3) is 0.455. The molecule has 0 amide bonds. The van der Waals surface area contributed by atoms with Crippen LogP contribution in [-0.4, -0.2) is 43.7 Å². The fourth-order valence-electron chi connectivity index (χ4n) is 3.72. The van der Waals surface area contributed by atoms with Crippen LogP contribution in [-0.2, 0) is 6.42 Å². The summed E-state index contributed by atoms with van der Waals surface area (Å²) in [4.78, 5) is 11.2. The number of piperidine rings is 1. The van der Waals surface area contributed by atoms with Crippen LogP contribution in [0.25, 0.3) is 0 Å². The Hall–Kier alpha value is -2.56. The maximum atomic E-state index is 4.46. The molecule has 0 spiro atoms. The van der Waals surface area contributed by atoms with Gasteiger partial charge in [-0.1, -0.05) is 35.4 Å². The molecule has 3 rings (SSSR count). The van der Waals surface area contributed by atoms with E-state index in [0.29, 0.717) is 6.04 Å². The van der Waals surface area contributed by atoms with Crippen LogP contribution in [0.4, 0.5) is 5.82 Å². The van der Waals surface area contributed by atoms with Gasteiger partial charge in [0.25, 0.3) is 0 Å². The Labute approximate surface area is 162 Å². The van der Waals surface area contributed by atoms with Gasteiger partial charge in [-0.25, -0.2) is 4.98 Å². The Kier molecular flexibility index (Phi) is 6.69. The van der Waals surface area contributed by atoms with E-state index < -0.39 is 0 Å². The molecular weight excluding hydrogens is 334 g/mol. The number of hydrogen-bond acceptors (Lipinski definition) is 3. The lowest BCUT2D eigenvalue weighted by Crippen LogP contribution is -2.49. The van der Waals surface area contributed by atoms with Gasteiger partial charge in [0.1, 0.15) is 5.82 Å². The Morgan fingerprint density at radius 3 is 2.52 bits per heavy atom. The van der Waals surface area contributed by atoms with E-state index in [0.717, 1.165) is 50.7 Å². The molecule has 0 atom stereocenters. The molecule has 5 heteroatoms. The minimum absolute atomic E-state index is 0.456. The maximum Gasteiger partial charge on any atom is 0.191 e. The molecule has 1 fully saturated rings. The number of aromatic nitrogens is 1. The van der Waals surface area contributed by atoms with Gasteiger partial charge in [0.15, 0.2) is 5.96 Å². The molecule has 0 saturated carbocycles. The summed E-state index contributed by atoms with van der Waals surface area (Å²) in [7, 11) is 1.84. The number of benzene rings is 1. The summed E-state index contributed by atoms with van der Waals surface area (Å²) in [5.41, 5.74) is 4.03. The highest BCUT2D eigenvalue weighted by Gasteiger charge is 2.20. The van der Waals surface area contributed by atoms with E-state index >= 15 is 0 Å². The lowest BCUT2D eigenvalue weighted by Gasteiger charge is -2.33. The molecule has 1 aromatic carbocycles. The van der Waals surface area contributed by atoms with Crippen LogP contribution in [0.1, 0.15) is 29.5 Å². The molecule has 1 aromatic heterocycles. The van der Waals surface area contributed by atoms with Crippen LogP contribution in [0.5, 0.6) is 0 Å². The van der Waals surface area contributed by atoms with E-state index in [-0.39, 0.29) is 0 Å². The molecule has 2 N–H and O–H groups in total. The summed E-state index contributed by atoms with van der Waals surface area (Å²) >= 11 is 0. The number of aryl methyl sites for hydroxylation is 2. The van der Waals surface area contributed by atoms with E-state index in [1.165, 1.54) is 16.7 Å². The van der Waals surface area contributed by atoms with Crippen molar-refractivity contribution in [1.29, 1.82) is 0 Å². The van der Waals surface area contributed by atoms with Crippen LogP contribution in [0.15, 0.2) is 47.6 Å². The van der Waals surface area contributed by atoms with Crippen LogP contribution >= 0.6 is 0 Å². The molecule has 1 aliphatic heterocycles. The largest absolute Gasteiger partial charge is 0.356 e. The number of nitrogens with zero attached hydrogens (tertiary/aromatic N) is 3. The zero-order chi connectivity index (χ0) is 19.1. The average Bonchev–Trinajstić information content (AvgIpc) is 2.68. The first kappa shape index (κ1) is 19.2. The van der Waals surface area contributed by atoms with Crippen LogP contribution in [0.2, 0.25) is 0 Å². The number of hydrogen-bond donors (Lipinski definition) is 2. The van der Waals surface area contributed by atoms with E-state index in [1.54, 1.807) is 0 Å². The summed E-state index contributed by atoms with van der Waals surface area (Å²) < 4.78 is 0. The first-order valence-corrected chi connectivity index (χ1v) is 9.84. The highest BCUT2D eigenvalue weighted by molar-refractivity contribution is 5.80. The normalized spacial score (nSPS) is 15.7. The Balaban J connectivity index is 1.43. The van der Waals surface area contributed by atoms with Crippen molar-refractivity contribution in [3.05, 3.63) is 59.3 Å². The molecule has 2 aromatic rings. The highest BCUT2D eigenvalue weighted by atomic mass is 15.2. The second-order valence-corrected chi connectivity index (χ2v) is 7.34. The monoisotopic (exact) mass is 365 g/mol. The molecule has 1 aliphatic rings. The van der Waals surface area contributed by atoms with Crippen molar-refractivity contribution >= 4 is 11.8 Å². The minimum Gasteiger partial charge on any atom is -0.356 e. The maximum absolute atomic E-state index is 4.46. The van der Waals surface area contributed by atoms with E-state index in [4.69, 9.17) is 0 Å². The van der Waals surface area contributed by atoms with Gasteiger partial charge in [0, 0.05) is 38.9 Å². The van der Waals surface area contributed by atoms with Crippen molar-refractivity contribution in [3.8, 4) is 0 Å². The predicted molar refractivity (Wildman–Crippen MR) is 114 cm³/mol. The SMILES string of the molecule is CN=C(NCCc1cc(C)cc(C)c1)NC1CCN(c2ccccn2)CC1. The quantitative estimate of drug-likeness (QED) is 0.632. The summed E-state index contributed by atoms with van der Waals surface area (Å²) in [6.45, 7) is 7.24. The molecule has 27 heavy (non-hydrogen) atoms. The summed E-state index contributed by atoms with van der Waals surface area (Å²) in [5, 5.41) is 7.04. The standard InChI is InChI=1S/C22H31N5/c1-17-14-18(2)16-19(15-17)7-11-25-22(23-3)26-20-8-12-27(13-9-20)21-6-4-5-10-24-21/h4-6,10,14-16,20H,7-9,11-13H2,1-3H3,(H2,23,25,26). The molecule has 5 nitrogen and oxygen atoms in total. The average molecular weight is 366 g/mol. The highest BCUT2D eigenvalue weighted by Crippen LogP contribution is 2.17. The molecule has 0 aliphatic carbocycles. The number of pyridine rings is 1. The number of aliphatic imine (C=N–C) groups is 1. The predicted octanol–water partition coefficient (Wildman–Crippen LogP) is 3.07. The molecule has 0 unspecified atom stereocenters. The minimum atomic E-state index is 0.456. The van der Waals surface area contributed by atoms with Gasteiger partial charge in [-0.05, 0) is 50.8 Å². The molecular formula is C22H31N5. The fourth-order valence-corrected chi connectivity index (χ4v) is 3.72. The topological polar surface area (TPSA) is 52.6 Å². The van der Waals surface area contributed by atoms with Crippen LogP contribution in [0, 0.1) is 13.8 Å². The Morgan fingerprint density at radius 1 is 1.15 bits per heavy atom. The summed E-state index contributed by atoms with van der Waals surface area (Å²) in [5.74, 6) is 1.97. The van der Waals surface area contributed by atoms with Gasteiger partial charge < -0.3 is 15.5 Å². The van der Waals surface area contributed by atoms with Crippen molar-refractivity contribution in [2.24, 2.45) is 4.99 Å². The van der Waals surface area contributed by atoms with Crippen molar-refractivity contribution in [1.82, 2.24) is 15.6 Å². The number of rotatable bonds is 5. The zero-order valence-electron chi connectivity index (χ0n) is 16.7. The summed E-state index contributed by atoms with van der Waals surface area (Å²) in [6, 6.07) is 13.3. The summed E-state index contributed by atoms with van der Waals surface area (Å²) in [6.07, 6.45) is 5.05. The second kappa shape index (κ2) is 9.40. The smallest absolute Gasteiger partial charge is 0.191 e. The number of anilines is 1. The lowest BCUT2D eigenvalue weighted by molar-refractivity contribution is 0.459. The van der Waals surface area contributed by atoms with E-state index in [1.807, 2.05) is 25.4 Å². The van der Waals surface area contributed by atoms with E-state index in [2.05, 4.69) is 63.6 Å². The third kappa shape index (κ3) is 5.71. The molecule has 144 valence electrons. The Morgan fingerprint density at radius 2 is 1.89 bits per heavy atom. The second-order valence-electron chi connectivity index (χ2n) is 7.34. The third-order valence-corrected chi connectivity index (χ3v) is 5.02. The third-order valence-electron chi connectivity index (χ3n) is 5.02. The van der Waals surface area contributed by atoms with Crippen molar-refractivity contribution in [2.45, 2.75) is 39.2 Å². The van der Waals surface area contributed by atoms with Gasteiger partial charge in [0.2, 0.25) is 0 Å². The van der Waals surface area contributed by atoms with Gasteiger partial charge >= 0.3 is 0 Å². The molecule has 0 bridgehead atoms. The van der Waals surface area contributed by atoms with Gasteiger partial charge in [-0.15, -0.1) is 0 Å². The first-order valence-electron chi connectivity index (χ1n) is 9.84. The van der Waals surface area contributed by atoms with Gasteiger partial charge in [-0.3, -0.25) is 4.99 Å². The van der Waals surface area contributed by atoms with Crippen molar-refractivity contribution in [2.75, 3.05) is 31.6 Å². The first-order chi connectivity index (χ1) is 13.1. The zero-order valence-corrected chi connectivity index (χ0v) is 16.7. The van der Waals surface area contributed by atoms with Gasteiger partial charge in [-0.2, -0.15) is 0 Å². The number of nitrogens with one attached hydrogen (secondary N) is 2. The van der Waals surface area contributed by atoms with E-state index in [9.17, 15) is 0 Å². The van der Waals surface area contributed by atoms with Crippen molar-refractivity contribution in [3.63, 3.8) is 0 Å². The lowest BCUT2D eigenvalue weighted by atomic mass is 10.0. The molecule has 0 radical (unpaired) electrons. The van der Waals surface area contributed by atoms with Crippen molar-refractivity contribution < 1.29 is 0 Å². The van der Waals surface area contributed by atoms with Crippen LogP contribution < -0.4 is 15.5 Å².